The molecule has 0 heterocycles. The third-order valence-corrected chi connectivity index (χ3v) is 3.32. The van der Waals surface area contributed by atoms with E-state index in [-0.39, 0.29) is 0 Å². The van der Waals surface area contributed by atoms with Gasteiger partial charge in [0.1, 0.15) is 10.8 Å². The van der Waals surface area contributed by atoms with E-state index in [1.54, 1.807) is 0 Å². The van der Waals surface area contributed by atoms with Gasteiger partial charge < -0.3 is 14.9 Å². The first-order chi connectivity index (χ1) is 8.30. The molecule has 6 heteroatoms. The number of aliphatic carboxylic acids is 2. The largest absolute Gasteiger partial charge is 0.481 e. The maximum Gasteiger partial charge on any atom is 0.315 e. The van der Waals surface area contributed by atoms with Crippen molar-refractivity contribution in [2.24, 2.45) is 10.8 Å². The van der Waals surface area contributed by atoms with Crippen molar-refractivity contribution in [1.82, 2.24) is 0 Å². The molecule has 0 radical (unpaired) electrons. The molecule has 0 aromatic carbocycles. The predicted molar refractivity (Wildman–Crippen MR) is 60.7 cm³/mol. The van der Waals surface area contributed by atoms with Crippen LogP contribution in [0, 0.1) is 10.8 Å². The van der Waals surface area contributed by atoms with Gasteiger partial charge in [0.2, 0.25) is 0 Å². The number of methoxy groups -OCH3 is 1. The molecule has 0 aromatic heterocycles. The van der Waals surface area contributed by atoms with Crippen LogP contribution in [0.1, 0.15) is 13.3 Å². The van der Waals surface area contributed by atoms with E-state index in [9.17, 15) is 24.6 Å². The second-order valence-corrected chi connectivity index (χ2v) is 4.26. The number of esters is 1. The zero-order valence-electron chi connectivity index (χ0n) is 10.0. The van der Waals surface area contributed by atoms with E-state index in [0.29, 0.717) is 0 Å². The minimum absolute atomic E-state index is 0.539. The Bertz CT molecular complexity index is 449. The molecule has 0 spiro atoms. The highest BCUT2D eigenvalue weighted by Crippen LogP contribution is 2.47. The predicted octanol–water partition coefficient (Wildman–Crippen LogP) is 0.837. The van der Waals surface area contributed by atoms with Crippen LogP contribution in [-0.2, 0) is 19.1 Å². The molecule has 0 saturated carbocycles. The van der Waals surface area contributed by atoms with E-state index < -0.39 is 35.2 Å². The number of carbonyl (C=O) groups excluding carboxylic acids is 1. The summed E-state index contributed by atoms with van der Waals surface area (Å²) in [6.07, 6.45) is 4.82. The Hall–Kier alpha value is -2.11. The topological polar surface area (TPSA) is 101 Å². The van der Waals surface area contributed by atoms with E-state index in [1.807, 2.05) is 0 Å². The summed E-state index contributed by atoms with van der Waals surface area (Å²) in [7, 11) is 1.12. The van der Waals surface area contributed by atoms with Crippen LogP contribution >= 0.6 is 0 Å². The molecule has 2 atom stereocenters. The molecule has 18 heavy (non-hydrogen) atoms. The summed E-state index contributed by atoms with van der Waals surface area (Å²) in [4.78, 5) is 34.2. The second kappa shape index (κ2) is 4.64. The third kappa shape index (κ3) is 1.90. The molecular weight excluding hydrogens is 240 g/mol. The van der Waals surface area contributed by atoms with Gasteiger partial charge in [0, 0.05) is 0 Å². The maximum absolute atomic E-state index is 11.5. The minimum atomic E-state index is -1.85. The fraction of sp³-hybridized carbons (Fsp3) is 0.417. The van der Waals surface area contributed by atoms with Crippen LogP contribution in [0.4, 0.5) is 0 Å². The quantitative estimate of drug-likeness (QED) is 0.721. The molecule has 0 aliphatic heterocycles. The van der Waals surface area contributed by atoms with Crippen LogP contribution in [-0.4, -0.2) is 35.2 Å². The summed E-state index contributed by atoms with van der Waals surface area (Å²) in [5, 5.41) is 18.6. The molecule has 0 amide bonds. The van der Waals surface area contributed by atoms with Gasteiger partial charge in [0.15, 0.2) is 0 Å². The zero-order chi connectivity index (χ0) is 14.0. The molecule has 0 saturated heterocycles. The normalized spacial score (nSPS) is 29.9. The van der Waals surface area contributed by atoms with Crippen molar-refractivity contribution in [2.45, 2.75) is 13.3 Å². The highest BCUT2D eigenvalue weighted by Gasteiger charge is 2.58. The zero-order valence-corrected chi connectivity index (χ0v) is 10.0. The molecule has 1 aliphatic carbocycles. The monoisotopic (exact) mass is 254 g/mol. The van der Waals surface area contributed by atoms with Gasteiger partial charge in [-0.1, -0.05) is 24.3 Å². The molecular formula is C12H14O6. The number of hydrogen-bond donors (Lipinski definition) is 2. The summed E-state index contributed by atoms with van der Waals surface area (Å²) in [6, 6.07) is 0. The Morgan fingerprint density at radius 1 is 1.11 bits per heavy atom. The second-order valence-electron chi connectivity index (χ2n) is 4.26. The fourth-order valence-electron chi connectivity index (χ4n) is 1.96. The van der Waals surface area contributed by atoms with Crippen molar-refractivity contribution >= 4 is 17.9 Å². The Morgan fingerprint density at radius 2 is 1.67 bits per heavy atom. The van der Waals surface area contributed by atoms with Crippen LogP contribution in [0.15, 0.2) is 24.3 Å². The molecule has 6 nitrogen and oxygen atoms in total. The van der Waals surface area contributed by atoms with Crippen molar-refractivity contribution in [1.29, 1.82) is 0 Å². The van der Waals surface area contributed by atoms with E-state index >= 15 is 0 Å². The van der Waals surface area contributed by atoms with Crippen LogP contribution < -0.4 is 0 Å². The van der Waals surface area contributed by atoms with Gasteiger partial charge >= 0.3 is 17.9 Å². The van der Waals surface area contributed by atoms with E-state index in [0.717, 1.165) is 7.11 Å². The lowest BCUT2D eigenvalue weighted by Gasteiger charge is -2.39. The van der Waals surface area contributed by atoms with Gasteiger partial charge in [0.05, 0.1) is 13.5 Å². The van der Waals surface area contributed by atoms with Crippen LogP contribution in [0.5, 0.6) is 0 Å². The van der Waals surface area contributed by atoms with E-state index in [2.05, 4.69) is 4.74 Å². The molecule has 2 N–H and O–H groups in total. The van der Waals surface area contributed by atoms with Gasteiger partial charge in [-0.2, -0.15) is 0 Å². The fourth-order valence-corrected chi connectivity index (χ4v) is 1.96. The SMILES string of the molecule is COC(=O)CC1(C(=O)O)C=CC=CC1(C)C(=O)O. The van der Waals surface area contributed by atoms with Gasteiger partial charge in [-0.25, -0.2) is 0 Å². The highest BCUT2D eigenvalue weighted by molar-refractivity contribution is 5.93. The summed E-state index contributed by atoms with van der Waals surface area (Å²) >= 11 is 0. The van der Waals surface area contributed by atoms with E-state index in [1.165, 1.54) is 31.2 Å². The van der Waals surface area contributed by atoms with Crippen molar-refractivity contribution in [2.75, 3.05) is 7.11 Å². The Morgan fingerprint density at radius 3 is 2.11 bits per heavy atom. The summed E-state index contributed by atoms with van der Waals surface area (Å²) < 4.78 is 4.45. The van der Waals surface area contributed by atoms with Crippen LogP contribution in [0.2, 0.25) is 0 Å². The number of carboxylic acid groups (broad SMARTS) is 2. The Balaban J connectivity index is 3.36. The molecule has 2 unspecified atom stereocenters. The van der Waals surface area contributed by atoms with Gasteiger partial charge in [-0.15, -0.1) is 0 Å². The number of rotatable bonds is 4. The van der Waals surface area contributed by atoms with Crippen molar-refractivity contribution in [3.05, 3.63) is 24.3 Å². The first-order valence-electron chi connectivity index (χ1n) is 5.21. The number of carbonyl (C=O) groups is 3. The van der Waals surface area contributed by atoms with Gasteiger partial charge in [-0.05, 0) is 6.92 Å². The standard InChI is InChI=1S/C12H14O6/c1-11(9(14)15)5-3-4-6-12(11,10(16)17)7-8(13)18-2/h3-6H,7H2,1-2H3,(H,14,15)(H,16,17). The number of ether oxygens (including phenoxy) is 1. The number of carboxylic acids is 2. The first-order valence-corrected chi connectivity index (χ1v) is 5.21. The Kier molecular flexibility index (Phi) is 3.59. The summed E-state index contributed by atoms with van der Waals surface area (Å²) in [5.74, 6) is -3.46. The van der Waals surface area contributed by atoms with Crippen molar-refractivity contribution < 1.29 is 29.3 Å². The summed E-state index contributed by atoms with van der Waals surface area (Å²) in [6.45, 7) is 1.27. The molecule has 1 aliphatic rings. The maximum atomic E-state index is 11.5. The molecule has 1 rings (SSSR count). The third-order valence-electron chi connectivity index (χ3n) is 3.32. The number of allylic oxidation sites excluding steroid dienone is 2. The average Bonchev–Trinajstić information content (AvgIpc) is 2.31. The Labute approximate surface area is 104 Å². The minimum Gasteiger partial charge on any atom is -0.481 e. The lowest BCUT2D eigenvalue weighted by molar-refractivity contribution is -0.168. The smallest absolute Gasteiger partial charge is 0.315 e. The average molecular weight is 254 g/mol. The molecule has 0 bridgehead atoms. The lowest BCUT2D eigenvalue weighted by Crippen LogP contribution is -2.50. The van der Waals surface area contributed by atoms with Gasteiger partial charge in [0.25, 0.3) is 0 Å². The number of hydrogen-bond acceptors (Lipinski definition) is 4. The molecule has 98 valence electrons. The molecule has 0 fully saturated rings. The molecule has 0 aromatic rings. The first kappa shape index (κ1) is 14.0. The van der Waals surface area contributed by atoms with Gasteiger partial charge in [-0.3, -0.25) is 14.4 Å². The van der Waals surface area contributed by atoms with E-state index in [4.69, 9.17) is 0 Å². The highest BCUT2D eigenvalue weighted by atomic mass is 16.5. The summed E-state index contributed by atoms with van der Waals surface area (Å²) in [5.41, 5.74) is -3.55. The van der Waals surface area contributed by atoms with Crippen molar-refractivity contribution in [3.63, 3.8) is 0 Å². The van der Waals surface area contributed by atoms with Crippen LogP contribution in [0.25, 0.3) is 0 Å². The van der Waals surface area contributed by atoms with Crippen LogP contribution in [0.3, 0.4) is 0 Å². The van der Waals surface area contributed by atoms with Crippen molar-refractivity contribution in [3.8, 4) is 0 Å². The lowest BCUT2D eigenvalue weighted by atomic mass is 9.60.